The fourth-order valence-electron chi connectivity index (χ4n) is 4.56. The molecule has 2 aromatic rings. The minimum atomic E-state index is -0.173. The lowest BCUT2D eigenvalue weighted by atomic mass is 9.77. The first kappa shape index (κ1) is 20.6. The van der Waals surface area contributed by atoms with Gasteiger partial charge in [-0.3, -0.25) is 4.79 Å². The number of rotatable bonds is 6. The van der Waals surface area contributed by atoms with Gasteiger partial charge in [0.15, 0.2) is 0 Å². The molecule has 0 N–H and O–H groups in total. The number of aromatic nitrogens is 1. The second-order valence-electron chi connectivity index (χ2n) is 9.63. The predicted molar refractivity (Wildman–Crippen MR) is 118 cm³/mol. The first-order valence-corrected chi connectivity index (χ1v) is 11.3. The number of nitrogens with zero attached hydrogens (tertiary/aromatic N) is 1. The highest BCUT2D eigenvalue weighted by Crippen LogP contribution is 2.43. The number of benzene rings is 1. The van der Waals surface area contributed by atoms with Crippen molar-refractivity contribution in [1.29, 1.82) is 0 Å². The van der Waals surface area contributed by atoms with Crippen LogP contribution in [0.15, 0.2) is 29.1 Å². The van der Waals surface area contributed by atoms with E-state index in [4.69, 9.17) is 18.9 Å². The molecule has 2 aliphatic heterocycles. The number of ether oxygens (including phenoxy) is 4. The van der Waals surface area contributed by atoms with Gasteiger partial charge in [-0.15, -0.1) is 0 Å². The van der Waals surface area contributed by atoms with Crippen molar-refractivity contribution in [3.63, 3.8) is 0 Å². The van der Waals surface area contributed by atoms with Crippen molar-refractivity contribution >= 4 is 0 Å². The van der Waals surface area contributed by atoms with Gasteiger partial charge in [-0.25, -0.2) is 0 Å². The molecule has 1 aromatic carbocycles. The van der Waals surface area contributed by atoms with Gasteiger partial charge >= 0.3 is 0 Å². The highest BCUT2D eigenvalue weighted by molar-refractivity contribution is 5.73. The summed E-state index contributed by atoms with van der Waals surface area (Å²) < 4.78 is 25.1. The van der Waals surface area contributed by atoms with E-state index in [2.05, 4.69) is 26.0 Å². The van der Waals surface area contributed by atoms with Crippen LogP contribution in [0.4, 0.5) is 0 Å². The minimum absolute atomic E-state index is 0.0378. The van der Waals surface area contributed by atoms with Gasteiger partial charge in [0.05, 0.1) is 32.1 Å². The van der Waals surface area contributed by atoms with E-state index >= 15 is 0 Å². The van der Waals surface area contributed by atoms with E-state index in [1.807, 2.05) is 17.6 Å². The van der Waals surface area contributed by atoms with Gasteiger partial charge in [-0.1, -0.05) is 13.8 Å². The highest BCUT2D eigenvalue weighted by Gasteiger charge is 2.34. The Morgan fingerprint density at radius 3 is 2.71 bits per heavy atom. The fraction of sp³-hybridized carbons (Fsp3) is 0.560. The molecule has 1 aromatic heterocycles. The third-order valence-corrected chi connectivity index (χ3v) is 6.54. The maximum atomic E-state index is 13.0. The van der Waals surface area contributed by atoms with Crippen molar-refractivity contribution < 1.29 is 18.9 Å². The lowest BCUT2D eigenvalue weighted by molar-refractivity contribution is -0.101. The Bertz CT molecular complexity index is 1030. The Balaban J connectivity index is 1.48. The van der Waals surface area contributed by atoms with Gasteiger partial charge in [0.25, 0.3) is 5.56 Å². The average Bonchev–Trinajstić information content (AvgIpc) is 3.59. The standard InChI is InChI=1S/C25H31NO5/c1-16-22(31-14-19-13-28-8-9-29-19)11-23(27)26-15-25(2,3)21-10-18(30-12-17-4-5-17)6-7-20(21)24(16)26/h6-7,10-11,17,19H,4-5,8-9,12-15H2,1-3H3. The van der Waals surface area contributed by atoms with Gasteiger partial charge in [0, 0.05) is 29.2 Å². The van der Waals surface area contributed by atoms with Crippen molar-refractivity contribution in [2.75, 3.05) is 33.0 Å². The number of pyridine rings is 1. The molecule has 6 nitrogen and oxygen atoms in total. The number of fused-ring (bicyclic) bond motifs is 3. The monoisotopic (exact) mass is 425 g/mol. The smallest absolute Gasteiger partial charge is 0.254 e. The van der Waals surface area contributed by atoms with E-state index < -0.39 is 0 Å². The van der Waals surface area contributed by atoms with Crippen LogP contribution in [0, 0.1) is 12.8 Å². The summed E-state index contributed by atoms with van der Waals surface area (Å²) in [5, 5.41) is 0. The summed E-state index contributed by atoms with van der Waals surface area (Å²) in [7, 11) is 0. The molecule has 1 saturated heterocycles. The maximum absolute atomic E-state index is 13.0. The molecule has 0 amide bonds. The molecule has 2 fully saturated rings. The zero-order valence-electron chi connectivity index (χ0n) is 18.6. The highest BCUT2D eigenvalue weighted by atomic mass is 16.6. The van der Waals surface area contributed by atoms with Crippen LogP contribution in [-0.2, 0) is 21.4 Å². The fourth-order valence-corrected chi connectivity index (χ4v) is 4.56. The second kappa shape index (κ2) is 7.99. The normalized spacial score (nSPS) is 21.8. The number of hydrogen-bond acceptors (Lipinski definition) is 5. The molecule has 31 heavy (non-hydrogen) atoms. The summed E-state index contributed by atoms with van der Waals surface area (Å²) in [6.45, 7) is 9.90. The molecule has 1 atom stereocenters. The van der Waals surface area contributed by atoms with E-state index in [0.29, 0.717) is 44.6 Å². The van der Waals surface area contributed by atoms with Gasteiger partial charge in [-0.2, -0.15) is 0 Å². The first-order valence-electron chi connectivity index (χ1n) is 11.3. The third-order valence-electron chi connectivity index (χ3n) is 6.54. The SMILES string of the molecule is Cc1c(OCC2COCCO2)cc(=O)n2c1-c1ccc(OCC3CC3)cc1C(C)(C)C2. The van der Waals surface area contributed by atoms with E-state index in [0.717, 1.165) is 29.2 Å². The Hall–Kier alpha value is -2.31. The summed E-state index contributed by atoms with van der Waals surface area (Å²) in [4.78, 5) is 13.0. The molecular weight excluding hydrogens is 394 g/mol. The van der Waals surface area contributed by atoms with E-state index in [1.165, 1.54) is 18.4 Å². The molecule has 1 saturated carbocycles. The summed E-state index contributed by atoms with van der Waals surface area (Å²) >= 11 is 0. The molecule has 1 aliphatic carbocycles. The van der Waals surface area contributed by atoms with Crippen LogP contribution in [0.25, 0.3) is 11.3 Å². The molecule has 0 spiro atoms. The van der Waals surface area contributed by atoms with Crippen molar-refractivity contribution in [3.05, 3.63) is 45.7 Å². The van der Waals surface area contributed by atoms with Crippen LogP contribution in [0.1, 0.15) is 37.8 Å². The Labute approximate surface area is 183 Å². The molecule has 5 rings (SSSR count). The van der Waals surface area contributed by atoms with Crippen LogP contribution in [0.2, 0.25) is 0 Å². The lowest BCUT2D eigenvalue weighted by Crippen LogP contribution is -2.37. The van der Waals surface area contributed by atoms with Gasteiger partial charge < -0.3 is 23.5 Å². The Morgan fingerprint density at radius 1 is 1.13 bits per heavy atom. The Kier molecular flexibility index (Phi) is 5.30. The quantitative estimate of drug-likeness (QED) is 0.706. The van der Waals surface area contributed by atoms with Crippen LogP contribution in [0.3, 0.4) is 0 Å². The van der Waals surface area contributed by atoms with Crippen molar-refractivity contribution in [2.24, 2.45) is 5.92 Å². The second-order valence-corrected chi connectivity index (χ2v) is 9.63. The average molecular weight is 426 g/mol. The van der Waals surface area contributed by atoms with Crippen LogP contribution >= 0.6 is 0 Å². The molecule has 3 heterocycles. The molecule has 166 valence electrons. The van der Waals surface area contributed by atoms with Gasteiger partial charge in [0.2, 0.25) is 0 Å². The topological polar surface area (TPSA) is 58.9 Å². The molecule has 0 bridgehead atoms. The van der Waals surface area contributed by atoms with Crippen LogP contribution in [-0.4, -0.2) is 43.7 Å². The molecule has 1 unspecified atom stereocenters. The van der Waals surface area contributed by atoms with Crippen molar-refractivity contribution in [3.8, 4) is 22.8 Å². The van der Waals surface area contributed by atoms with Crippen molar-refractivity contribution in [1.82, 2.24) is 4.57 Å². The van der Waals surface area contributed by atoms with E-state index in [9.17, 15) is 4.79 Å². The summed E-state index contributed by atoms with van der Waals surface area (Å²) in [6, 6.07) is 7.89. The van der Waals surface area contributed by atoms with Gasteiger partial charge in [0.1, 0.15) is 24.2 Å². The van der Waals surface area contributed by atoms with E-state index in [-0.39, 0.29) is 17.1 Å². The Morgan fingerprint density at radius 2 is 1.97 bits per heavy atom. The first-order chi connectivity index (χ1) is 14.9. The maximum Gasteiger partial charge on any atom is 0.254 e. The summed E-state index contributed by atoms with van der Waals surface area (Å²) in [5.74, 6) is 2.24. The summed E-state index contributed by atoms with van der Waals surface area (Å²) in [5.41, 5.74) is 3.99. The van der Waals surface area contributed by atoms with E-state index in [1.54, 1.807) is 6.07 Å². The molecule has 0 radical (unpaired) electrons. The van der Waals surface area contributed by atoms with Crippen LogP contribution < -0.4 is 15.0 Å². The minimum Gasteiger partial charge on any atom is -0.493 e. The molecule has 3 aliphatic rings. The zero-order valence-corrected chi connectivity index (χ0v) is 18.6. The number of hydrogen-bond donors (Lipinski definition) is 0. The molecular formula is C25H31NO5. The lowest BCUT2D eigenvalue weighted by Gasteiger charge is -2.36. The zero-order chi connectivity index (χ0) is 21.6. The van der Waals surface area contributed by atoms with Crippen molar-refractivity contribution in [2.45, 2.75) is 51.7 Å². The largest absolute Gasteiger partial charge is 0.493 e. The summed E-state index contributed by atoms with van der Waals surface area (Å²) in [6.07, 6.45) is 2.43. The predicted octanol–water partition coefficient (Wildman–Crippen LogP) is 3.70. The van der Waals surface area contributed by atoms with Crippen LogP contribution in [0.5, 0.6) is 11.5 Å². The van der Waals surface area contributed by atoms with Gasteiger partial charge in [-0.05, 0) is 49.4 Å². The molecule has 6 heteroatoms. The third kappa shape index (κ3) is 4.11.